The van der Waals surface area contributed by atoms with Crippen LogP contribution in [-0.4, -0.2) is 33.3 Å². The summed E-state index contributed by atoms with van der Waals surface area (Å²) in [5, 5.41) is 0. The van der Waals surface area contributed by atoms with Crippen LogP contribution in [0.1, 0.15) is 6.42 Å². The fourth-order valence-corrected chi connectivity index (χ4v) is 0.262. The fourth-order valence-electron chi connectivity index (χ4n) is 0.262. The highest BCUT2D eigenvalue weighted by molar-refractivity contribution is 5.90. The van der Waals surface area contributed by atoms with Gasteiger partial charge in [-0.05, 0) is 0 Å². The molecule has 0 atom stereocenters. The van der Waals surface area contributed by atoms with Crippen LogP contribution in [0.4, 0.5) is 0 Å². The lowest BCUT2D eigenvalue weighted by Crippen LogP contribution is -2.09. The van der Waals surface area contributed by atoms with Crippen LogP contribution >= 0.6 is 0 Å². The first kappa shape index (κ1) is 14.0. The van der Waals surface area contributed by atoms with Crippen molar-refractivity contribution in [3.63, 3.8) is 0 Å². The zero-order valence-corrected chi connectivity index (χ0v) is 8.03. The molecule has 0 saturated heterocycles. The summed E-state index contributed by atoms with van der Waals surface area (Å²) in [6.45, 7) is 3.26. The number of methoxy groups -OCH3 is 3. The summed E-state index contributed by atoms with van der Waals surface area (Å²) in [6, 6.07) is 0. The van der Waals surface area contributed by atoms with Crippen molar-refractivity contribution in [3.05, 3.63) is 12.8 Å². The minimum absolute atomic E-state index is 0.312. The molecule has 0 N–H and O–H groups in total. The van der Waals surface area contributed by atoms with Crippen LogP contribution in [0, 0.1) is 0 Å². The molecule has 0 bridgehead atoms. The van der Waals surface area contributed by atoms with Crippen molar-refractivity contribution in [2.45, 2.75) is 6.42 Å². The van der Waals surface area contributed by atoms with Crippen molar-refractivity contribution in [1.82, 2.24) is 0 Å². The van der Waals surface area contributed by atoms with E-state index < -0.39 is 11.9 Å². The first-order chi connectivity index (χ1) is 6.12. The third-order valence-electron chi connectivity index (χ3n) is 0.911. The van der Waals surface area contributed by atoms with Crippen LogP contribution in [0.2, 0.25) is 0 Å². The highest BCUT2D eigenvalue weighted by atomic mass is 16.5. The molecule has 0 unspecified atom stereocenters. The standard InChI is InChI=1S/C5H8O4.C3H6O/c1-8-4(6)3-5(7)9-2;1-3-4-2/h3H2,1-2H3;3H,1H2,2H3. The summed E-state index contributed by atoms with van der Waals surface area (Å²) < 4.78 is 12.7. The molecule has 5 nitrogen and oxygen atoms in total. The second-order valence-electron chi connectivity index (χ2n) is 1.73. The van der Waals surface area contributed by atoms with E-state index in [1.807, 2.05) is 0 Å². The molecule has 0 heterocycles. The molecule has 0 aliphatic rings. The summed E-state index contributed by atoms with van der Waals surface area (Å²) in [7, 11) is 3.99. The number of ether oxygens (including phenoxy) is 3. The van der Waals surface area contributed by atoms with Gasteiger partial charge >= 0.3 is 11.9 Å². The van der Waals surface area contributed by atoms with Crippen LogP contribution in [-0.2, 0) is 23.8 Å². The maximum atomic E-state index is 10.3. The van der Waals surface area contributed by atoms with Crippen molar-refractivity contribution in [1.29, 1.82) is 0 Å². The van der Waals surface area contributed by atoms with Crippen molar-refractivity contribution in [3.8, 4) is 0 Å². The molecule has 0 aromatic rings. The molecule has 0 aromatic carbocycles. The van der Waals surface area contributed by atoms with Gasteiger partial charge in [-0.3, -0.25) is 9.59 Å². The lowest BCUT2D eigenvalue weighted by atomic mass is 10.4. The molecule has 76 valence electrons. The van der Waals surface area contributed by atoms with Gasteiger partial charge in [0.1, 0.15) is 6.42 Å². The Morgan fingerprint density at radius 3 is 1.62 bits per heavy atom. The molecule has 0 radical (unpaired) electrons. The van der Waals surface area contributed by atoms with Gasteiger partial charge in [-0.2, -0.15) is 0 Å². The predicted octanol–water partition coefficient (Wildman–Crippen LogP) is 0.499. The van der Waals surface area contributed by atoms with Crippen LogP contribution in [0.15, 0.2) is 12.8 Å². The second-order valence-corrected chi connectivity index (χ2v) is 1.73. The Hall–Kier alpha value is -1.52. The Bertz CT molecular complexity index is 150. The van der Waals surface area contributed by atoms with E-state index in [9.17, 15) is 9.59 Å². The number of hydrogen-bond donors (Lipinski definition) is 0. The second kappa shape index (κ2) is 10.5. The van der Waals surface area contributed by atoms with Crippen LogP contribution in [0.25, 0.3) is 0 Å². The Morgan fingerprint density at radius 1 is 1.15 bits per heavy atom. The minimum atomic E-state index is -0.582. The number of esters is 2. The molecule has 0 fully saturated rings. The van der Waals surface area contributed by atoms with Gasteiger partial charge in [0.2, 0.25) is 0 Å². The largest absolute Gasteiger partial charge is 0.505 e. The normalized spacial score (nSPS) is 7.31. The monoisotopic (exact) mass is 190 g/mol. The molecule has 0 amide bonds. The molecule has 5 heteroatoms. The number of hydrogen-bond acceptors (Lipinski definition) is 5. The third-order valence-corrected chi connectivity index (χ3v) is 0.911. The van der Waals surface area contributed by atoms with E-state index in [1.165, 1.54) is 20.5 Å². The van der Waals surface area contributed by atoms with Crippen LogP contribution < -0.4 is 0 Å². The molecule has 0 spiro atoms. The zero-order chi connectivity index (χ0) is 10.7. The molecule has 0 saturated carbocycles. The first-order valence-electron chi connectivity index (χ1n) is 3.39. The lowest BCUT2D eigenvalue weighted by molar-refractivity contribution is -0.151. The molecular weight excluding hydrogens is 176 g/mol. The van der Waals surface area contributed by atoms with E-state index in [2.05, 4.69) is 20.8 Å². The number of rotatable bonds is 3. The summed E-state index contributed by atoms with van der Waals surface area (Å²) in [5.74, 6) is -1.16. The average Bonchev–Trinajstić information content (AvgIpc) is 2.17. The van der Waals surface area contributed by atoms with Crippen molar-refractivity contribution < 1.29 is 23.8 Å². The summed E-state index contributed by atoms with van der Waals surface area (Å²) in [4.78, 5) is 20.5. The van der Waals surface area contributed by atoms with Gasteiger partial charge in [-0.15, -0.1) is 0 Å². The summed E-state index contributed by atoms with van der Waals surface area (Å²) >= 11 is 0. The van der Waals surface area contributed by atoms with Gasteiger partial charge < -0.3 is 14.2 Å². The van der Waals surface area contributed by atoms with Crippen molar-refractivity contribution in [2.75, 3.05) is 21.3 Å². The van der Waals surface area contributed by atoms with E-state index in [0.29, 0.717) is 0 Å². The number of carbonyl (C=O) groups excluding carboxylic acids is 2. The molecule has 0 aliphatic carbocycles. The van der Waals surface area contributed by atoms with Gasteiger partial charge in [0.15, 0.2) is 0 Å². The average molecular weight is 190 g/mol. The Kier molecular flexibility index (Phi) is 11.3. The van der Waals surface area contributed by atoms with Gasteiger partial charge in [0, 0.05) is 0 Å². The quantitative estimate of drug-likeness (QED) is 0.368. The number of carbonyl (C=O) groups is 2. The van der Waals surface area contributed by atoms with E-state index in [4.69, 9.17) is 0 Å². The van der Waals surface area contributed by atoms with Crippen LogP contribution in [0.3, 0.4) is 0 Å². The lowest BCUT2D eigenvalue weighted by Gasteiger charge is -1.95. The maximum Gasteiger partial charge on any atom is 0.316 e. The Balaban J connectivity index is 0. The Morgan fingerprint density at radius 2 is 1.46 bits per heavy atom. The van der Waals surface area contributed by atoms with Crippen molar-refractivity contribution in [2.24, 2.45) is 0 Å². The summed E-state index contributed by atoms with van der Waals surface area (Å²) in [6.07, 6.45) is 1.06. The highest BCUT2D eigenvalue weighted by Crippen LogP contribution is 1.85. The predicted molar refractivity (Wildman–Crippen MR) is 45.9 cm³/mol. The smallest absolute Gasteiger partial charge is 0.316 e. The van der Waals surface area contributed by atoms with E-state index in [-0.39, 0.29) is 6.42 Å². The topological polar surface area (TPSA) is 61.8 Å². The molecule has 0 rings (SSSR count). The van der Waals surface area contributed by atoms with Crippen LogP contribution in [0.5, 0.6) is 0 Å². The molecular formula is C8H14O5. The van der Waals surface area contributed by atoms with Crippen molar-refractivity contribution >= 4 is 11.9 Å². The Labute approximate surface area is 77.3 Å². The highest BCUT2D eigenvalue weighted by Gasteiger charge is 2.07. The molecule has 0 aliphatic heterocycles. The summed E-state index contributed by atoms with van der Waals surface area (Å²) in [5.41, 5.74) is 0. The minimum Gasteiger partial charge on any atom is -0.505 e. The van der Waals surface area contributed by atoms with Gasteiger partial charge in [0.25, 0.3) is 0 Å². The fraction of sp³-hybridized carbons (Fsp3) is 0.500. The van der Waals surface area contributed by atoms with E-state index >= 15 is 0 Å². The molecule has 13 heavy (non-hydrogen) atoms. The first-order valence-corrected chi connectivity index (χ1v) is 3.39. The van der Waals surface area contributed by atoms with E-state index in [0.717, 1.165) is 0 Å². The van der Waals surface area contributed by atoms with Gasteiger partial charge in [-0.25, -0.2) is 0 Å². The SMILES string of the molecule is C=COC.COC(=O)CC(=O)OC. The third kappa shape index (κ3) is 13.5. The zero-order valence-electron chi connectivity index (χ0n) is 8.03. The van der Waals surface area contributed by atoms with Gasteiger partial charge in [-0.1, -0.05) is 6.58 Å². The van der Waals surface area contributed by atoms with E-state index in [1.54, 1.807) is 7.11 Å². The van der Waals surface area contributed by atoms with Gasteiger partial charge in [0.05, 0.1) is 27.6 Å². The molecule has 0 aromatic heterocycles. The maximum absolute atomic E-state index is 10.3.